The molecule has 7 nitrogen and oxygen atoms in total. The van der Waals surface area contributed by atoms with Crippen LogP contribution in [-0.2, 0) is 16.0 Å². The number of amides is 1. The van der Waals surface area contributed by atoms with Gasteiger partial charge in [0.15, 0.2) is 21.4 Å². The summed E-state index contributed by atoms with van der Waals surface area (Å²) in [5.74, 6) is -0.524. The van der Waals surface area contributed by atoms with Crippen molar-refractivity contribution >= 4 is 38.9 Å². The molecule has 1 unspecified atom stereocenters. The Morgan fingerprint density at radius 1 is 1.18 bits per heavy atom. The van der Waals surface area contributed by atoms with Crippen LogP contribution in [0.1, 0.15) is 34.5 Å². The lowest BCUT2D eigenvalue weighted by Crippen LogP contribution is -2.16. The molecule has 12 heteroatoms. The Balaban J connectivity index is 1.86. The number of benzene rings is 2. The van der Waals surface area contributed by atoms with Crippen molar-refractivity contribution in [3.05, 3.63) is 76.4 Å². The molecule has 1 aromatic heterocycles. The van der Waals surface area contributed by atoms with E-state index in [2.05, 4.69) is 10.3 Å². The Morgan fingerprint density at radius 2 is 1.88 bits per heavy atom. The molecule has 3 rings (SSSR count). The Bertz CT molecular complexity index is 1350. The van der Waals surface area contributed by atoms with Crippen LogP contribution < -0.4 is 15.8 Å². The number of nitrogens with one attached hydrogen (secondary N) is 1. The summed E-state index contributed by atoms with van der Waals surface area (Å²) in [6.07, 6.45) is -3.26. The van der Waals surface area contributed by atoms with E-state index in [0.717, 1.165) is 12.3 Å². The summed E-state index contributed by atoms with van der Waals surface area (Å²) < 4.78 is 69.2. The summed E-state index contributed by atoms with van der Waals surface area (Å²) in [5.41, 5.74) is 4.95. The zero-order valence-electron chi connectivity index (χ0n) is 17.9. The van der Waals surface area contributed by atoms with Gasteiger partial charge in [0.1, 0.15) is 6.10 Å². The number of alkyl halides is 3. The predicted molar refractivity (Wildman–Crippen MR) is 122 cm³/mol. The zero-order valence-corrected chi connectivity index (χ0v) is 19.4. The monoisotopic (exact) mass is 513 g/mol. The second kappa shape index (κ2) is 9.51. The molecule has 0 aliphatic carbocycles. The molecule has 1 amide bonds. The Morgan fingerprint density at radius 3 is 2.53 bits per heavy atom. The Kier molecular flexibility index (Phi) is 7.08. The number of pyridine rings is 1. The van der Waals surface area contributed by atoms with Crippen LogP contribution in [0.2, 0.25) is 5.02 Å². The number of ether oxygens (including phenoxy) is 1. The van der Waals surface area contributed by atoms with Gasteiger partial charge in [-0.2, -0.15) is 13.2 Å². The Hall–Kier alpha value is -3.31. The normalized spacial score (nSPS) is 12.8. The predicted octanol–water partition coefficient (Wildman–Crippen LogP) is 5.13. The minimum atomic E-state index is -4.83. The highest BCUT2D eigenvalue weighted by Crippen LogP contribution is 2.32. The van der Waals surface area contributed by atoms with E-state index in [1.165, 1.54) is 18.3 Å². The van der Waals surface area contributed by atoms with Gasteiger partial charge in [-0.1, -0.05) is 23.7 Å². The van der Waals surface area contributed by atoms with E-state index in [4.69, 9.17) is 22.1 Å². The van der Waals surface area contributed by atoms with Crippen LogP contribution >= 0.6 is 11.6 Å². The van der Waals surface area contributed by atoms with Crippen LogP contribution in [0.25, 0.3) is 0 Å². The lowest BCUT2D eigenvalue weighted by molar-refractivity contribution is -0.137. The standard InChI is InChI=1S/C22H19ClF3N3O4S/c1-12(33-19-10-16(23)11-28-20(19)27)13-4-3-5-17(7-13)29-21(30)14-6-15(22(24,25)26)9-18(8-14)34(2,31)32/h3-12H,1-2H3,(H2,27,28)(H,29,30). The van der Waals surface area contributed by atoms with Gasteiger partial charge in [-0.25, -0.2) is 13.4 Å². The molecule has 0 saturated heterocycles. The third-order valence-electron chi connectivity index (χ3n) is 4.69. The van der Waals surface area contributed by atoms with Crippen molar-refractivity contribution in [2.24, 2.45) is 0 Å². The van der Waals surface area contributed by atoms with Crippen molar-refractivity contribution < 1.29 is 31.1 Å². The molecule has 0 bridgehead atoms. The highest BCUT2D eigenvalue weighted by molar-refractivity contribution is 7.90. The Labute approximate surface area is 198 Å². The van der Waals surface area contributed by atoms with Gasteiger partial charge in [-0.15, -0.1) is 0 Å². The van der Waals surface area contributed by atoms with Crippen LogP contribution in [0.5, 0.6) is 5.75 Å². The minimum Gasteiger partial charge on any atom is -0.482 e. The van der Waals surface area contributed by atoms with E-state index < -0.39 is 44.0 Å². The largest absolute Gasteiger partial charge is 0.482 e. The molecule has 34 heavy (non-hydrogen) atoms. The maximum absolute atomic E-state index is 13.2. The summed E-state index contributed by atoms with van der Waals surface area (Å²) in [6, 6.07) is 9.87. The van der Waals surface area contributed by atoms with E-state index >= 15 is 0 Å². The van der Waals surface area contributed by atoms with Gasteiger partial charge in [0.25, 0.3) is 5.91 Å². The average molecular weight is 514 g/mol. The fourth-order valence-electron chi connectivity index (χ4n) is 2.96. The van der Waals surface area contributed by atoms with Gasteiger partial charge in [0.05, 0.1) is 15.5 Å². The number of hydrogen-bond acceptors (Lipinski definition) is 6. The number of halogens is 4. The van der Waals surface area contributed by atoms with Crippen molar-refractivity contribution in [1.82, 2.24) is 4.98 Å². The molecule has 1 heterocycles. The molecule has 0 saturated carbocycles. The first-order chi connectivity index (χ1) is 15.7. The molecular formula is C22H19ClF3N3O4S. The molecular weight excluding hydrogens is 495 g/mol. The van der Waals surface area contributed by atoms with E-state index in [0.29, 0.717) is 22.7 Å². The number of hydrogen-bond donors (Lipinski definition) is 2. The lowest BCUT2D eigenvalue weighted by atomic mass is 10.1. The topological polar surface area (TPSA) is 111 Å². The van der Waals surface area contributed by atoms with Crippen molar-refractivity contribution in [3.8, 4) is 5.75 Å². The van der Waals surface area contributed by atoms with Crippen molar-refractivity contribution in [3.63, 3.8) is 0 Å². The minimum absolute atomic E-state index is 0.131. The van der Waals surface area contributed by atoms with E-state index in [1.54, 1.807) is 25.1 Å². The van der Waals surface area contributed by atoms with Gasteiger partial charge in [0, 0.05) is 29.8 Å². The molecule has 0 aliphatic rings. The van der Waals surface area contributed by atoms with Crippen molar-refractivity contribution in [1.29, 1.82) is 0 Å². The third-order valence-corrected chi connectivity index (χ3v) is 5.99. The molecule has 3 N–H and O–H groups in total. The summed E-state index contributed by atoms with van der Waals surface area (Å²) in [6.45, 7) is 1.71. The first-order valence-corrected chi connectivity index (χ1v) is 11.9. The van der Waals surface area contributed by atoms with E-state index in [9.17, 15) is 26.4 Å². The van der Waals surface area contributed by atoms with Crippen LogP contribution in [0, 0.1) is 0 Å². The maximum atomic E-state index is 13.2. The maximum Gasteiger partial charge on any atom is 0.416 e. The van der Waals surface area contributed by atoms with Crippen molar-refractivity contribution in [2.75, 3.05) is 17.3 Å². The number of aromatic nitrogens is 1. The first-order valence-electron chi connectivity index (χ1n) is 9.65. The van der Waals surface area contributed by atoms with Crippen molar-refractivity contribution in [2.45, 2.75) is 24.1 Å². The molecule has 180 valence electrons. The van der Waals surface area contributed by atoms with E-state index in [1.807, 2.05) is 0 Å². The second-order valence-corrected chi connectivity index (χ2v) is 9.84. The molecule has 0 fully saturated rings. The van der Waals surface area contributed by atoms with Gasteiger partial charge < -0.3 is 15.8 Å². The molecule has 3 aromatic rings. The lowest BCUT2D eigenvalue weighted by Gasteiger charge is -2.17. The highest BCUT2D eigenvalue weighted by Gasteiger charge is 2.33. The van der Waals surface area contributed by atoms with Crippen LogP contribution in [0.15, 0.2) is 59.6 Å². The second-order valence-electron chi connectivity index (χ2n) is 7.39. The smallest absolute Gasteiger partial charge is 0.416 e. The SMILES string of the molecule is CC(Oc1cc(Cl)cnc1N)c1cccc(NC(=O)c2cc(C(F)(F)F)cc(S(C)(=O)=O)c2)c1. The molecule has 0 spiro atoms. The highest BCUT2D eigenvalue weighted by atomic mass is 35.5. The molecule has 0 radical (unpaired) electrons. The molecule has 1 atom stereocenters. The average Bonchev–Trinajstić information content (AvgIpc) is 2.75. The summed E-state index contributed by atoms with van der Waals surface area (Å²) in [5, 5.41) is 2.81. The van der Waals surface area contributed by atoms with Crippen LogP contribution in [0.4, 0.5) is 24.7 Å². The number of nitrogens with zero attached hydrogens (tertiary/aromatic N) is 1. The van der Waals surface area contributed by atoms with Gasteiger partial charge in [-0.05, 0) is 42.8 Å². The van der Waals surface area contributed by atoms with Gasteiger partial charge in [-0.3, -0.25) is 4.79 Å². The number of sulfone groups is 1. The third kappa shape index (κ3) is 6.17. The van der Waals surface area contributed by atoms with Crippen LogP contribution in [0.3, 0.4) is 0 Å². The quantitative estimate of drug-likeness (QED) is 0.472. The number of carbonyl (C=O) groups is 1. The fourth-order valence-corrected chi connectivity index (χ4v) is 3.79. The first kappa shape index (κ1) is 25.3. The number of nitrogens with two attached hydrogens (primary N) is 1. The molecule has 0 aliphatic heterocycles. The van der Waals surface area contributed by atoms with Crippen LogP contribution in [-0.4, -0.2) is 25.6 Å². The molecule has 2 aromatic carbocycles. The van der Waals surface area contributed by atoms with Gasteiger partial charge >= 0.3 is 6.18 Å². The van der Waals surface area contributed by atoms with Gasteiger partial charge in [0.2, 0.25) is 0 Å². The number of nitrogen functional groups attached to an aromatic ring is 1. The number of anilines is 2. The zero-order chi connectivity index (χ0) is 25.3. The fraction of sp³-hybridized carbons (Fsp3) is 0.182. The summed E-state index contributed by atoms with van der Waals surface area (Å²) in [7, 11) is -3.99. The summed E-state index contributed by atoms with van der Waals surface area (Å²) in [4.78, 5) is 16.0. The van der Waals surface area contributed by atoms with E-state index in [-0.39, 0.29) is 17.3 Å². The number of carbonyl (C=O) groups excluding carboxylic acids is 1. The summed E-state index contributed by atoms with van der Waals surface area (Å²) >= 11 is 5.91. The number of rotatable bonds is 6.